The van der Waals surface area contributed by atoms with Gasteiger partial charge in [0.1, 0.15) is 4.60 Å². The zero-order valence-corrected chi connectivity index (χ0v) is 8.93. The molecule has 0 radical (unpaired) electrons. The van der Waals surface area contributed by atoms with E-state index in [-0.39, 0.29) is 5.82 Å². The Bertz CT molecular complexity index is 402. The predicted molar refractivity (Wildman–Crippen MR) is 55.1 cm³/mol. The average molecular weight is 272 g/mol. The minimum absolute atomic E-state index is 0.248. The Balaban J connectivity index is 2.59. The number of hydrogen-bond donors (Lipinski definition) is 2. The van der Waals surface area contributed by atoms with Crippen LogP contribution in [-0.2, 0) is 9.59 Å². The lowest BCUT2D eigenvalue weighted by Gasteiger charge is -1.99. The second kappa shape index (κ2) is 5.20. The first-order valence-corrected chi connectivity index (χ1v) is 4.57. The van der Waals surface area contributed by atoms with Gasteiger partial charge < -0.3 is 10.4 Å². The molecular weight excluding hydrogens is 266 g/mol. The van der Waals surface area contributed by atoms with Crippen LogP contribution >= 0.6 is 15.9 Å². The van der Waals surface area contributed by atoms with Gasteiger partial charge in [-0.25, -0.2) is 14.8 Å². The number of aromatic nitrogens is 2. The lowest BCUT2D eigenvalue weighted by atomic mass is 10.4. The van der Waals surface area contributed by atoms with E-state index in [0.29, 0.717) is 4.60 Å². The Kier molecular flexibility index (Phi) is 3.92. The van der Waals surface area contributed by atoms with Crippen molar-refractivity contribution in [2.75, 3.05) is 5.32 Å². The molecule has 6 nitrogen and oxygen atoms in total. The number of anilines is 1. The number of aliphatic carboxylic acids is 1. The zero-order valence-electron chi connectivity index (χ0n) is 7.35. The van der Waals surface area contributed by atoms with E-state index in [2.05, 4.69) is 31.2 Å². The average Bonchev–Trinajstić information content (AvgIpc) is 2.19. The Labute approximate surface area is 93.2 Å². The molecule has 1 aromatic rings. The lowest BCUT2D eigenvalue weighted by Crippen LogP contribution is -2.10. The van der Waals surface area contributed by atoms with E-state index in [1.54, 1.807) is 0 Å². The Morgan fingerprint density at radius 1 is 1.33 bits per heavy atom. The van der Waals surface area contributed by atoms with Crippen LogP contribution < -0.4 is 5.32 Å². The summed E-state index contributed by atoms with van der Waals surface area (Å²) in [6, 6.07) is 0. The summed E-state index contributed by atoms with van der Waals surface area (Å²) in [5.41, 5.74) is 0. The number of carbonyl (C=O) groups excluding carboxylic acids is 1. The summed E-state index contributed by atoms with van der Waals surface area (Å²) in [4.78, 5) is 28.8. The number of rotatable bonds is 3. The van der Waals surface area contributed by atoms with Crippen molar-refractivity contribution in [3.63, 3.8) is 0 Å². The molecule has 15 heavy (non-hydrogen) atoms. The van der Waals surface area contributed by atoms with Crippen molar-refractivity contribution in [2.24, 2.45) is 0 Å². The van der Waals surface area contributed by atoms with Crippen LogP contribution in [0.3, 0.4) is 0 Å². The second-order valence-corrected chi connectivity index (χ2v) is 3.20. The maximum atomic E-state index is 11.1. The van der Waals surface area contributed by atoms with E-state index in [1.807, 2.05) is 0 Å². The molecule has 1 heterocycles. The Hall–Kier alpha value is -1.76. The monoisotopic (exact) mass is 271 g/mol. The van der Waals surface area contributed by atoms with E-state index >= 15 is 0 Å². The first-order valence-electron chi connectivity index (χ1n) is 3.77. The van der Waals surface area contributed by atoms with Crippen molar-refractivity contribution in [3.05, 3.63) is 29.1 Å². The summed E-state index contributed by atoms with van der Waals surface area (Å²) >= 11 is 3.08. The number of halogens is 1. The molecule has 1 amide bonds. The number of carbonyl (C=O) groups is 2. The summed E-state index contributed by atoms with van der Waals surface area (Å²) in [6.45, 7) is 0. The van der Waals surface area contributed by atoms with E-state index in [4.69, 9.17) is 5.11 Å². The van der Waals surface area contributed by atoms with E-state index in [9.17, 15) is 9.59 Å². The minimum Gasteiger partial charge on any atom is -0.478 e. The molecule has 0 fully saturated rings. The van der Waals surface area contributed by atoms with Crippen LogP contribution in [0.2, 0.25) is 0 Å². The molecule has 0 saturated carbocycles. The fourth-order valence-corrected chi connectivity index (χ4v) is 0.896. The topological polar surface area (TPSA) is 92.2 Å². The van der Waals surface area contributed by atoms with Gasteiger partial charge in [0.2, 0.25) is 5.91 Å². The maximum Gasteiger partial charge on any atom is 0.328 e. The lowest BCUT2D eigenvalue weighted by molar-refractivity contribution is -0.131. The molecule has 0 atom stereocenters. The highest BCUT2D eigenvalue weighted by Gasteiger charge is 2.00. The van der Waals surface area contributed by atoms with Gasteiger partial charge in [0.05, 0.1) is 12.4 Å². The quantitative estimate of drug-likeness (QED) is 0.794. The SMILES string of the molecule is O=C(O)/C=C\C(=O)Nc1cnc(Br)cn1. The molecule has 1 rings (SSSR count). The second-order valence-electron chi connectivity index (χ2n) is 2.39. The number of carboxylic acid groups (broad SMARTS) is 1. The summed E-state index contributed by atoms with van der Waals surface area (Å²) in [6.07, 6.45) is 4.39. The summed E-state index contributed by atoms with van der Waals surface area (Å²) < 4.78 is 0.543. The molecule has 0 unspecified atom stereocenters. The number of nitrogens with one attached hydrogen (secondary N) is 1. The highest BCUT2D eigenvalue weighted by molar-refractivity contribution is 9.10. The van der Waals surface area contributed by atoms with Crippen LogP contribution in [0.25, 0.3) is 0 Å². The third-order valence-corrected chi connectivity index (χ3v) is 1.66. The van der Waals surface area contributed by atoms with Crippen LogP contribution in [0, 0.1) is 0 Å². The van der Waals surface area contributed by atoms with Gasteiger partial charge in [-0.3, -0.25) is 4.79 Å². The number of amides is 1. The maximum absolute atomic E-state index is 11.1. The molecule has 0 aliphatic carbocycles. The highest BCUT2D eigenvalue weighted by atomic mass is 79.9. The fourth-order valence-electron chi connectivity index (χ4n) is 0.692. The molecule has 0 aromatic carbocycles. The standard InChI is InChI=1S/C8H6BrN3O3/c9-5-3-11-6(4-10-5)12-7(13)1-2-8(14)15/h1-4H,(H,14,15)(H,11,12,13)/b2-1-. The van der Waals surface area contributed by atoms with Gasteiger partial charge in [-0.15, -0.1) is 0 Å². The van der Waals surface area contributed by atoms with Crippen molar-refractivity contribution >= 4 is 33.6 Å². The van der Waals surface area contributed by atoms with E-state index < -0.39 is 11.9 Å². The number of hydrogen-bond acceptors (Lipinski definition) is 4. The zero-order chi connectivity index (χ0) is 11.3. The molecule has 2 N–H and O–H groups in total. The van der Waals surface area contributed by atoms with E-state index in [0.717, 1.165) is 12.2 Å². The molecule has 0 saturated heterocycles. The van der Waals surface area contributed by atoms with Crippen molar-refractivity contribution in [2.45, 2.75) is 0 Å². The molecule has 0 bridgehead atoms. The third kappa shape index (κ3) is 4.32. The van der Waals surface area contributed by atoms with Gasteiger partial charge in [-0.1, -0.05) is 0 Å². The number of carboxylic acids is 1. The molecule has 0 aliphatic rings. The molecular formula is C8H6BrN3O3. The predicted octanol–water partition coefficient (Wildman–Crippen LogP) is 0.818. The van der Waals surface area contributed by atoms with Gasteiger partial charge in [0.15, 0.2) is 5.82 Å². The summed E-state index contributed by atoms with van der Waals surface area (Å²) in [5, 5.41) is 10.6. The minimum atomic E-state index is -1.19. The van der Waals surface area contributed by atoms with Crippen LogP contribution in [-0.4, -0.2) is 27.0 Å². The van der Waals surface area contributed by atoms with Crippen LogP contribution in [0.4, 0.5) is 5.82 Å². The Morgan fingerprint density at radius 3 is 2.60 bits per heavy atom. The third-order valence-electron chi connectivity index (χ3n) is 1.25. The van der Waals surface area contributed by atoms with Crippen molar-refractivity contribution < 1.29 is 14.7 Å². The van der Waals surface area contributed by atoms with Gasteiger partial charge in [0, 0.05) is 12.2 Å². The van der Waals surface area contributed by atoms with Gasteiger partial charge >= 0.3 is 5.97 Å². The first-order chi connectivity index (χ1) is 7.08. The molecule has 7 heteroatoms. The van der Waals surface area contributed by atoms with Crippen LogP contribution in [0.5, 0.6) is 0 Å². The normalized spacial score (nSPS) is 10.2. The van der Waals surface area contributed by atoms with Gasteiger partial charge in [0.25, 0.3) is 0 Å². The highest BCUT2D eigenvalue weighted by Crippen LogP contribution is 2.05. The van der Waals surface area contributed by atoms with Gasteiger partial charge in [-0.2, -0.15) is 0 Å². The molecule has 78 valence electrons. The van der Waals surface area contributed by atoms with Gasteiger partial charge in [-0.05, 0) is 15.9 Å². The number of nitrogens with zero attached hydrogens (tertiary/aromatic N) is 2. The van der Waals surface area contributed by atoms with Crippen molar-refractivity contribution in [1.82, 2.24) is 9.97 Å². The first kappa shape index (κ1) is 11.3. The molecule has 0 aliphatic heterocycles. The Morgan fingerprint density at radius 2 is 2.07 bits per heavy atom. The van der Waals surface area contributed by atoms with Crippen molar-refractivity contribution in [1.29, 1.82) is 0 Å². The van der Waals surface area contributed by atoms with E-state index in [1.165, 1.54) is 12.4 Å². The molecule has 1 aromatic heterocycles. The largest absolute Gasteiger partial charge is 0.478 e. The van der Waals surface area contributed by atoms with Crippen molar-refractivity contribution in [3.8, 4) is 0 Å². The summed E-state index contributed by atoms with van der Waals surface area (Å²) in [5.74, 6) is -1.51. The van der Waals surface area contributed by atoms with Crippen LogP contribution in [0.1, 0.15) is 0 Å². The molecule has 0 spiro atoms. The smallest absolute Gasteiger partial charge is 0.328 e. The van der Waals surface area contributed by atoms with Crippen LogP contribution in [0.15, 0.2) is 29.1 Å². The summed E-state index contributed by atoms with van der Waals surface area (Å²) in [7, 11) is 0. The fraction of sp³-hybridized carbons (Fsp3) is 0.